The number of hydrogen-bond donors (Lipinski definition) is 3. The zero-order chi connectivity index (χ0) is 22.6. The van der Waals surface area contributed by atoms with Crippen molar-refractivity contribution in [3.05, 3.63) is 77.9 Å². The quantitative estimate of drug-likeness (QED) is 0.348. The lowest BCUT2D eigenvalue weighted by molar-refractivity contribution is 0.100. The molecule has 33 heavy (non-hydrogen) atoms. The first-order chi connectivity index (χ1) is 16.2. The third-order valence-electron chi connectivity index (χ3n) is 6.71. The van der Waals surface area contributed by atoms with Gasteiger partial charge in [-0.05, 0) is 54.1 Å². The highest BCUT2D eigenvalue weighted by Crippen LogP contribution is 2.27. The molecule has 168 valence electrons. The second-order valence-corrected chi connectivity index (χ2v) is 9.06. The van der Waals surface area contributed by atoms with Crippen LogP contribution in [0.25, 0.3) is 33.5 Å². The molecule has 0 atom stereocenters. The van der Waals surface area contributed by atoms with Gasteiger partial charge in [-0.25, -0.2) is 4.98 Å². The summed E-state index contributed by atoms with van der Waals surface area (Å²) >= 11 is 0. The van der Waals surface area contributed by atoms with Crippen LogP contribution in [0.2, 0.25) is 0 Å². The van der Waals surface area contributed by atoms with Gasteiger partial charge in [0.15, 0.2) is 0 Å². The number of nitrogens with one attached hydrogen (secondary N) is 2. The van der Waals surface area contributed by atoms with E-state index < -0.39 is 5.91 Å². The van der Waals surface area contributed by atoms with Crippen molar-refractivity contribution in [3.8, 4) is 22.5 Å². The number of aromatic nitrogens is 2. The molecular weight excluding hydrogens is 408 g/mol. The smallest absolute Gasteiger partial charge is 0.250 e. The van der Waals surface area contributed by atoms with Crippen LogP contribution < -0.4 is 11.1 Å². The van der Waals surface area contributed by atoms with Gasteiger partial charge in [-0.2, -0.15) is 0 Å². The van der Waals surface area contributed by atoms with Crippen LogP contribution in [0.3, 0.4) is 0 Å². The second-order valence-electron chi connectivity index (χ2n) is 9.06. The van der Waals surface area contributed by atoms with Crippen molar-refractivity contribution in [1.82, 2.24) is 15.3 Å². The van der Waals surface area contributed by atoms with Gasteiger partial charge < -0.3 is 16.0 Å². The minimum absolute atomic E-state index is 0.431. The molecule has 1 aliphatic rings. The summed E-state index contributed by atoms with van der Waals surface area (Å²) in [5.41, 5.74) is 12.0. The lowest BCUT2D eigenvalue weighted by Crippen LogP contribution is -2.24. The molecule has 5 heteroatoms. The highest BCUT2D eigenvalue weighted by Gasteiger charge is 2.13. The van der Waals surface area contributed by atoms with Gasteiger partial charge in [-0.1, -0.05) is 73.9 Å². The number of amides is 1. The van der Waals surface area contributed by atoms with E-state index in [4.69, 9.17) is 5.73 Å². The van der Waals surface area contributed by atoms with Gasteiger partial charge >= 0.3 is 0 Å². The maximum Gasteiger partial charge on any atom is 0.250 e. The molecule has 1 aromatic heterocycles. The number of hydrogen-bond acceptors (Lipinski definition) is 3. The van der Waals surface area contributed by atoms with E-state index in [1.54, 1.807) is 6.07 Å². The Morgan fingerprint density at radius 3 is 2.27 bits per heavy atom. The molecule has 1 aliphatic carbocycles. The maximum absolute atomic E-state index is 11.7. The lowest BCUT2D eigenvalue weighted by Gasteiger charge is -2.21. The fourth-order valence-electron chi connectivity index (χ4n) is 4.82. The van der Waals surface area contributed by atoms with Crippen LogP contribution in [-0.4, -0.2) is 22.4 Å². The molecule has 0 bridgehead atoms. The highest BCUT2D eigenvalue weighted by atomic mass is 16.1. The van der Waals surface area contributed by atoms with Crippen molar-refractivity contribution in [2.75, 3.05) is 6.54 Å². The molecule has 0 spiro atoms. The third kappa shape index (κ3) is 4.83. The first kappa shape index (κ1) is 21.4. The molecule has 5 rings (SSSR count). The van der Waals surface area contributed by atoms with Crippen LogP contribution >= 0.6 is 0 Å². The Morgan fingerprint density at radius 2 is 1.58 bits per heavy atom. The van der Waals surface area contributed by atoms with E-state index in [-0.39, 0.29) is 0 Å². The van der Waals surface area contributed by atoms with Crippen molar-refractivity contribution in [2.24, 2.45) is 11.7 Å². The van der Waals surface area contributed by atoms with Crippen molar-refractivity contribution in [2.45, 2.75) is 38.6 Å². The molecule has 4 N–H and O–H groups in total. The standard InChI is InChI=1S/C28H30N4O/c29-27(33)24-7-4-8-25-26(24)32-28(31-25)23-15-13-22(14-16-23)21-11-9-20(10-12-21)18-30-17-19-5-2-1-3-6-19/h4,7-16,19,30H,1-3,5-6,17-18H2,(H2,29,33)(H,31,32). The Morgan fingerprint density at radius 1 is 0.909 bits per heavy atom. The zero-order valence-electron chi connectivity index (χ0n) is 18.8. The van der Waals surface area contributed by atoms with Crippen molar-refractivity contribution in [3.63, 3.8) is 0 Å². The number of carbonyl (C=O) groups is 1. The van der Waals surface area contributed by atoms with Gasteiger partial charge in [0.1, 0.15) is 11.3 Å². The summed E-state index contributed by atoms with van der Waals surface area (Å²) in [5, 5.41) is 3.64. The molecule has 4 aromatic rings. The minimum atomic E-state index is -0.471. The average Bonchev–Trinajstić information content (AvgIpc) is 3.30. The van der Waals surface area contributed by atoms with E-state index in [0.717, 1.165) is 41.5 Å². The normalized spacial score (nSPS) is 14.5. The van der Waals surface area contributed by atoms with Crippen molar-refractivity contribution < 1.29 is 4.79 Å². The van der Waals surface area contributed by atoms with Gasteiger partial charge in [0.25, 0.3) is 5.91 Å². The zero-order valence-corrected chi connectivity index (χ0v) is 18.8. The number of carbonyl (C=O) groups excluding carboxylic acids is 1. The number of H-pyrrole nitrogens is 1. The van der Waals surface area contributed by atoms with E-state index in [2.05, 4.69) is 63.8 Å². The monoisotopic (exact) mass is 438 g/mol. The maximum atomic E-state index is 11.7. The predicted molar refractivity (Wildman–Crippen MR) is 134 cm³/mol. The van der Waals surface area contributed by atoms with Gasteiger partial charge in [0.05, 0.1) is 11.1 Å². The van der Waals surface area contributed by atoms with Crippen molar-refractivity contribution >= 4 is 16.9 Å². The van der Waals surface area contributed by atoms with E-state index >= 15 is 0 Å². The molecule has 1 saturated carbocycles. The SMILES string of the molecule is NC(=O)c1cccc2[nH]c(-c3ccc(-c4ccc(CNCC5CCCCC5)cc4)cc3)nc12. The average molecular weight is 439 g/mol. The Balaban J connectivity index is 1.25. The number of nitrogens with zero attached hydrogens (tertiary/aromatic N) is 1. The Bertz CT molecular complexity index is 1240. The molecule has 5 nitrogen and oxygen atoms in total. The summed E-state index contributed by atoms with van der Waals surface area (Å²) in [6.45, 7) is 2.06. The van der Waals surface area contributed by atoms with E-state index in [1.165, 1.54) is 43.2 Å². The number of benzene rings is 3. The number of rotatable bonds is 7. The molecule has 1 amide bonds. The van der Waals surface area contributed by atoms with E-state index in [9.17, 15) is 4.79 Å². The minimum Gasteiger partial charge on any atom is -0.366 e. The molecule has 0 radical (unpaired) electrons. The Hall–Kier alpha value is -3.44. The summed E-state index contributed by atoms with van der Waals surface area (Å²) in [6.07, 6.45) is 6.95. The summed E-state index contributed by atoms with van der Waals surface area (Å²) in [4.78, 5) is 19.6. The fraction of sp³-hybridized carbons (Fsp3) is 0.286. The number of fused-ring (bicyclic) bond motifs is 1. The van der Waals surface area contributed by atoms with Crippen LogP contribution in [0.5, 0.6) is 0 Å². The van der Waals surface area contributed by atoms with E-state index in [1.807, 2.05) is 12.1 Å². The summed E-state index contributed by atoms with van der Waals surface area (Å²) in [6, 6.07) is 22.5. The number of nitrogens with two attached hydrogens (primary N) is 1. The van der Waals surface area contributed by atoms with Gasteiger partial charge in [-0.15, -0.1) is 0 Å². The molecular formula is C28H30N4O. The molecule has 0 aliphatic heterocycles. The summed E-state index contributed by atoms with van der Waals surface area (Å²) < 4.78 is 0. The summed E-state index contributed by atoms with van der Waals surface area (Å²) in [5.74, 6) is 1.11. The van der Waals surface area contributed by atoms with Crippen LogP contribution in [0, 0.1) is 5.92 Å². The Kier molecular flexibility index (Phi) is 6.22. The molecule has 0 saturated heterocycles. The van der Waals surface area contributed by atoms with Crippen molar-refractivity contribution in [1.29, 1.82) is 0 Å². The lowest BCUT2D eigenvalue weighted by atomic mass is 9.89. The van der Waals surface area contributed by atoms with Crippen LogP contribution in [-0.2, 0) is 6.54 Å². The number of para-hydroxylation sites is 1. The van der Waals surface area contributed by atoms with Crippen LogP contribution in [0.15, 0.2) is 66.7 Å². The number of primary amides is 1. The molecule has 3 aromatic carbocycles. The number of imidazole rings is 1. The van der Waals surface area contributed by atoms with Crippen LogP contribution in [0.4, 0.5) is 0 Å². The molecule has 0 unspecified atom stereocenters. The molecule has 1 heterocycles. The Labute approximate surface area is 194 Å². The molecule has 1 fully saturated rings. The van der Waals surface area contributed by atoms with E-state index in [0.29, 0.717) is 11.1 Å². The first-order valence-corrected chi connectivity index (χ1v) is 11.9. The van der Waals surface area contributed by atoms with Gasteiger partial charge in [0.2, 0.25) is 0 Å². The largest absolute Gasteiger partial charge is 0.366 e. The number of aromatic amines is 1. The van der Waals surface area contributed by atoms with Gasteiger partial charge in [0, 0.05) is 12.1 Å². The summed E-state index contributed by atoms with van der Waals surface area (Å²) in [7, 11) is 0. The predicted octanol–water partition coefficient (Wildman–Crippen LogP) is 5.67. The topological polar surface area (TPSA) is 83.8 Å². The fourth-order valence-corrected chi connectivity index (χ4v) is 4.82. The third-order valence-corrected chi connectivity index (χ3v) is 6.71. The van der Waals surface area contributed by atoms with Crippen LogP contribution in [0.1, 0.15) is 48.0 Å². The second kappa shape index (κ2) is 9.59. The van der Waals surface area contributed by atoms with Gasteiger partial charge in [-0.3, -0.25) is 4.79 Å². The highest BCUT2D eigenvalue weighted by molar-refractivity contribution is 6.04. The first-order valence-electron chi connectivity index (χ1n) is 11.9.